The topological polar surface area (TPSA) is 58.4 Å². The molecule has 5 heteroatoms. The first kappa shape index (κ1) is 15.5. The first-order valence-electron chi connectivity index (χ1n) is 8.32. The highest BCUT2D eigenvalue weighted by Crippen LogP contribution is 2.40. The number of hydrogen-bond acceptors (Lipinski definition) is 4. The average molecular weight is 305 g/mol. The van der Waals surface area contributed by atoms with E-state index in [0.717, 1.165) is 38.2 Å². The molecule has 0 unspecified atom stereocenters. The van der Waals surface area contributed by atoms with Gasteiger partial charge in [0, 0.05) is 37.7 Å². The number of carbonyl (C=O) groups is 1. The van der Waals surface area contributed by atoms with Crippen LogP contribution in [0, 0.1) is 11.3 Å². The molecular weight excluding hydrogens is 278 g/mol. The van der Waals surface area contributed by atoms with Gasteiger partial charge < -0.3 is 14.7 Å². The predicted molar refractivity (Wildman–Crippen MR) is 84.8 cm³/mol. The molecule has 2 atom stereocenters. The molecule has 22 heavy (non-hydrogen) atoms. The van der Waals surface area contributed by atoms with Gasteiger partial charge in [0.15, 0.2) is 5.69 Å². The molecule has 0 spiro atoms. The number of hydrogen-bond donors (Lipinski definition) is 1. The lowest BCUT2D eigenvalue weighted by Crippen LogP contribution is -2.40. The zero-order chi connectivity index (χ0) is 15.9. The lowest BCUT2D eigenvalue weighted by atomic mass is 9.96. The molecule has 0 radical (unpaired) electrons. The zero-order valence-electron chi connectivity index (χ0n) is 14.1. The van der Waals surface area contributed by atoms with E-state index in [-0.39, 0.29) is 17.4 Å². The monoisotopic (exact) mass is 305 g/mol. The largest absolute Gasteiger partial charge is 0.360 e. The second-order valence-corrected chi connectivity index (χ2v) is 8.20. The van der Waals surface area contributed by atoms with E-state index < -0.39 is 0 Å². The van der Waals surface area contributed by atoms with Crippen molar-refractivity contribution >= 4 is 5.91 Å². The van der Waals surface area contributed by atoms with E-state index in [4.69, 9.17) is 4.52 Å². The molecule has 1 saturated carbocycles. The Morgan fingerprint density at radius 3 is 2.77 bits per heavy atom. The SMILES string of the molecule is C[C@H]1CN(CC(C)(C)C)C[C@H]1NC(=O)c1cc(C2CC2)on1. The van der Waals surface area contributed by atoms with Crippen LogP contribution in [0.15, 0.2) is 10.6 Å². The van der Waals surface area contributed by atoms with Crippen LogP contribution < -0.4 is 5.32 Å². The van der Waals surface area contributed by atoms with Gasteiger partial charge in [-0.1, -0.05) is 32.9 Å². The lowest BCUT2D eigenvalue weighted by molar-refractivity contribution is 0.0921. The molecule has 1 N–H and O–H groups in total. The Balaban J connectivity index is 1.56. The predicted octanol–water partition coefficient (Wildman–Crippen LogP) is 2.65. The van der Waals surface area contributed by atoms with Crippen LogP contribution in [0.3, 0.4) is 0 Å². The van der Waals surface area contributed by atoms with Gasteiger partial charge in [-0.3, -0.25) is 4.79 Å². The third-order valence-electron chi connectivity index (χ3n) is 4.44. The summed E-state index contributed by atoms with van der Waals surface area (Å²) in [4.78, 5) is 14.8. The standard InChI is InChI=1S/C17H27N3O2/c1-11-8-20(10-17(2,3)4)9-14(11)18-16(21)13-7-15(22-19-13)12-5-6-12/h7,11-12,14H,5-6,8-10H2,1-4H3,(H,18,21)/t11-,14+/m0/s1. The highest BCUT2D eigenvalue weighted by molar-refractivity contribution is 5.92. The molecule has 1 aromatic rings. The molecule has 3 rings (SSSR count). The summed E-state index contributed by atoms with van der Waals surface area (Å²) in [5, 5.41) is 7.05. The number of carbonyl (C=O) groups excluding carboxylic acids is 1. The van der Waals surface area contributed by atoms with Crippen molar-refractivity contribution in [1.82, 2.24) is 15.4 Å². The molecule has 2 aliphatic rings. The Hall–Kier alpha value is -1.36. The van der Waals surface area contributed by atoms with Crippen LogP contribution >= 0.6 is 0 Å². The van der Waals surface area contributed by atoms with Gasteiger partial charge in [-0.2, -0.15) is 0 Å². The van der Waals surface area contributed by atoms with Crippen molar-refractivity contribution in [3.05, 3.63) is 17.5 Å². The molecule has 1 amide bonds. The Kier molecular flexibility index (Phi) is 4.02. The summed E-state index contributed by atoms with van der Waals surface area (Å²) in [6.07, 6.45) is 2.30. The molecule has 122 valence electrons. The van der Waals surface area contributed by atoms with E-state index in [1.165, 1.54) is 0 Å². The molecular formula is C17H27N3O2. The average Bonchev–Trinajstić information content (AvgIpc) is 3.03. The summed E-state index contributed by atoms with van der Waals surface area (Å²) in [7, 11) is 0. The summed E-state index contributed by atoms with van der Waals surface area (Å²) in [6.45, 7) is 12.0. The van der Waals surface area contributed by atoms with Crippen molar-refractivity contribution in [2.24, 2.45) is 11.3 Å². The Morgan fingerprint density at radius 1 is 1.41 bits per heavy atom. The molecule has 1 saturated heterocycles. The Labute approximate surface area is 132 Å². The summed E-state index contributed by atoms with van der Waals surface area (Å²) in [5.74, 6) is 1.70. The molecule has 2 heterocycles. The van der Waals surface area contributed by atoms with E-state index in [2.05, 4.69) is 43.1 Å². The molecule has 0 aromatic carbocycles. The van der Waals surface area contributed by atoms with Gasteiger partial charge in [-0.05, 0) is 24.2 Å². The van der Waals surface area contributed by atoms with Crippen LogP contribution in [0.25, 0.3) is 0 Å². The summed E-state index contributed by atoms with van der Waals surface area (Å²) < 4.78 is 5.27. The van der Waals surface area contributed by atoms with Gasteiger partial charge in [-0.25, -0.2) is 0 Å². The zero-order valence-corrected chi connectivity index (χ0v) is 14.1. The molecule has 2 fully saturated rings. The third-order valence-corrected chi connectivity index (χ3v) is 4.44. The van der Waals surface area contributed by atoms with Crippen LogP contribution in [0.4, 0.5) is 0 Å². The Bertz CT molecular complexity index is 542. The van der Waals surface area contributed by atoms with Crippen molar-refractivity contribution in [1.29, 1.82) is 0 Å². The first-order chi connectivity index (χ1) is 10.3. The Morgan fingerprint density at radius 2 is 2.14 bits per heavy atom. The van der Waals surface area contributed by atoms with Crippen molar-refractivity contribution in [3.63, 3.8) is 0 Å². The molecule has 0 bridgehead atoms. The van der Waals surface area contributed by atoms with Gasteiger partial charge in [0.05, 0.1) is 0 Å². The summed E-state index contributed by atoms with van der Waals surface area (Å²) >= 11 is 0. The van der Waals surface area contributed by atoms with Gasteiger partial charge in [0.2, 0.25) is 0 Å². The minimum atomic E-state index is -0.106. The molecule has 5 nitrogen and oxygen atoms in total. The number of aromatic nitrogens is 1. The van der Waals surface area contributed by atoms with Crippen LogP contribution in [-0.4, -0.2) is 41.6 Å². The van der Waals surface area contributed by atoms with Gasteiger partial charge in [-0.15, -0.1) is 0 Å². The first-order valence-corrected chi connectivity index (χ1v) is 8.32. The minimum absolute atomic E-state index is 0.106. The van der Waals surface area contributed by atoms with Crippen LogP contribution in [0.1, 0.15) is 62.7 Å². The second kappa shape index (κ2) is 5.69. The molecule has 1 aromatic heterocycles. The highest BCUT2D eigenvalue weighted by Gasteiger charge is 2.34. The van der Waals surface area contributed by atoms with E-state index in [0.29, 0.717) is 17.5 Å². The number of nitrogens with one attached hydrogen (secondary N) is 1. The third kappa shape index (κ3) is 3.69. The van der Waals surface area contributed by atoms with E-state index >= 15 is 0 Å². The summed E-state index contributed by atoms with van der Waals surface area (Å²) in [5.41, 5.74) is 0.701. The van der Waals surface area contributed by atoms with Gasteiger partial charge in [0.1, 0.15) is 5.76 Å². The quantitative estimate of drug-likeness (QED) is 0.929. The minimum Gasteiger partial charge on any atom is -0.360 e. The fourth-order valence-corrected chi connectivity index (χ4v) is 3.25. The van der Waals surface area contributed by atoms with Gasteiger partial charge >= 0.3 is 0 Å². The molecule has 1 aliphatic heterocycles. The lowest BCUT2D eigenvalue weighted by Gasteiger charge is -2.26. The fourth-order valence-electron chi connectivity index (χ4n) is 3.25. The maximum Gasteiger partial charge on any atom is 0.273 e. The number of amides is 1. The number of nitrogens with zero attached hydrogens (tertiary/aromatic N) is 2. The van der Waals surface area contributed by atoms with Crippen LogP contribution in [0.5, 0.6) is 0 Å². The normalized spacial score (nSPS) is 26.4. The van der Waals surface area contributed by atoms with Crippen LogP contribution in [-0.2, 0) is 0 Å². The number of likely N-dealkylation sites (tertiary alicyclic amines) is 1. The van der Waals surface area contributed by atoms with Crippen molar-refractivity contribution < 1.29 is 9.32 Å². The maximum atomic E-state index is 12.3. The smallest absolute Gasteiger partial charge is 0.273 e. The van der Waals surface area contributed by atoms with Crippen LogP contribution in [0.2, 0.25) is 0 Å². The van der Waals surface area contributed by atoms with Crippen molar-refractivity contribution in [2.75, 3.05) is 19.6 Å². The maximum absolute atomic E-state index is 12.3. The summed E-state index contributed by atoms with van der Waals surface area (Å²) in [6, 6.07) is 2.00. The van der Waals surface area contributed by atoms with Crippen molar-refractivity contribution in [3.8, 4) is 0 Å². The highest BCUT2D eigenvalue weighted by atomic mass is 16.5. The molecule has 1 aliphatic carbocycles. The number of rotatable bonds is 4. The van der Waals surface area contributed by atoms with E-state index in [1.54, 1.807) is 6.07 Å². The van der Waals surface area contributed by atoms with E-state index in [9.17, 15) is 4.79 Å². The van der Waals surface area contributed by atoms with Crippen molar-refractivity contribution in [2.45, 2.75) is 52.5 Å². The van der Waals surface area contributed by atoms with E-state index in [1.807, 2.05) is 0 Å². The fraction of sp³-hybridized carbons (Fsp3) is 0.765. The van der Waals surface area contributed by atoms with Gasteiger partial charge in [0.25, 0.3) is 5.91 Å². The second-order valence-electron chi connectivity index (χ2n) is 8.20.